The van der Waals surface area contributed by atoms with Gasteiger partial charge >= 0.3 is 0 Å². The van der Waals surface area contributed by atoms with E-state index < -0.39 is 0 Å². The first-order chi connectivity index (χ1) is 12.9. The minimum atomic E-state index is 0.250. The SMILES string of the molecule is c1cnc(O[C@H]2C[C@H](c3nc4ccccc4s3)C2)c(C2CCOCC2)c1. The lowest BCUT2D eigenvalue weighted by Crippen LogP contribution is -2.33. The Kier molecular flexibility index (Phi) is 4.35. The molecule has 1 aliphatic carbocycles. The van der Waals surface area contributed by atoms with Crippen LogP contribution in [0.4, 0.5) is 0 Å². The van der Waals surface area contributed by atoms with Crippen molar-refractivity contribution in [2.24, 2.45) is 0 Å². The average molecular weight is 366 g/mol. The molecule has 1 saturated carbocycles. The van der Waals surface area contributed by atoms with Crippen molar-refractivity contribution in [3.05, 3.63) is 53.2 Å². The van der Waals surface area contributed by atoms with E-state index in [0.717, 1.165) is 50.3 Å². The Morgan fingerprint density at radius 3 is 2.69 bits per heavy atom. The fourth-order valence-electron chi connectivity index (χ4n) is 3.91. The molecule has 0 N–H and O–H groups in total. The molecule has 1 saturated heterocycles. The van der Waals surface area contributed by atoms with E-state index >= 15 is 0 Å². The van der Waals surface area contributed by atoms with Crippen molar-refractivity contribution < 1.29 is 9.47 Å². The first kappa shape index (κ1) is 16.2. The van der Waals surface area contributed by atoms with Crippen LogP contribution in [0.25, 0.3) is 10.2 Å². The van der Waals surface area contributed by atoms with Gasteiger partial charge in [-0.15, -0.1) is 11.3 Å². The Hall–Kier alpha value is -1.98. The summed E-state index contributed by atoms with van der Waals surface area (Å²) >= 11 is 1.82. The summed E-state index contributed by atoms with van der Waals surface area (Å²) in [7, 11) is 0. The molecule has 0 unspecified atom stereocenters. The fourth-order valence-corrected chi connectivity index (χ4v) is 5.00. The van der Waals surface area contributed by atoms with Gasteiger partial charge < -0.3 is 9.47 Å². The highest BCUT2D eigenvalue weighted by Crippen LogP contribution is 2.43. The molecule has 0 radical (unpaired) electrons. The van der Waals surface area contributed by atoms with Gasteiger partial charge in [-0.1, -0.05) is 18.2 Å². The van der Waals surface area contributed by atoms with E-state index in [1.807, 2.05) is 23.6 Å². The van der Waals surface area contributed by atoms with Gasteiger partial charge in [0, 0.05) is 30.9 Å². The molecule has 5 rings (SSSR count). The predicted octanol–water partition coefficient (Wildman–Crippen LogP) is 4.91. The Labute approximate surface area is 157 Å². The summed E-state index contributed by atoms with van der Waals surface area (Å²) in [4.78, 5) is 9.33. The first-order valence-electron chi connectivity index (χ1n) is 9.41. The second-order valence-corrected chi connectivity index (χ2v) is 8.27. The van der Waals surface area contributed by atoms with Gasteiger partial charge in [0.25, 0.3) is 0 Å². The maximum Gasteiger partial charge on any atom is 0.217 e. The fraction of sp³-hybridized carbons (Fsp3) is 0.429. The van der Waals surface area contributed by atoms with Crippen LogP contribution in [-0.4, -0.2) is 29.3 Å². The van der Waals surface area contributed by atoms with E-state index in [4.69, 9.17) is 14.5 Å². The number of aromatic nitrogens is 2. The summed E-state index contributed by atoms with van der Waals surface area (Å²) in [5, 5.41) is 1.25. The van der Waals surface area contributed by atoms with E-state index in [1.54, 1.807) is 0 Å². The summed E-state index contributed by atoms with van der Waals surface area (Å²) in [6.07, 6.45) is 6.26. The summed E-state index contributed by atoms with van der Waals surface area (Å²) in [6, 6.07) is 12.6. The maximum atomic E-state index is 6.29. The standard InChI is InChI=1S/C21H22N2O2S/c1-2-6-19-18(5-1)23-21(26-19)15-12-16(13-15)25-20-17(4-3-9-22-20)14-7-10-24-11-8-14/h1-6,9,14-16H,7-8,10-13H2/t15-,16-. The average Bonchev–Trinajstić information content (AvgIpc) is 3.09. The molecule has 0 spiro atoms. The minimum absolute atomic E-state index is 0.250. The molecular formula is C21H22N2O2S. The molecule has 1 aliphatic heterocycles. The Balaban J connectivity index is 1.26. The Morgan fingerprint density at radius 2 is 1.85 bits per heavy atom. The lowest BCUT2D eigenvalue weighted by atomic mass is 9.82. The third-order valence-electron chi connectivity index (χ3n) is 5.49. The topological polar surface area (TPSA) is 44.2 Å². The monoisotopic (exact) mass is 366 g/mol. The van der Waals surface area contributed by atoms with Crippen LogP contribution in [0.2, 0.25) is 0 Å². The second kappa shape index (κ2) is 6.97. The number of ether oxygens (including phenoxy) is 2. The molecule has 2 fully saturated rings. The molecule has 3 heterocycles. The molecule has 0 bridgehead atoms. The number of benzene rings is 1. The van der Waals surface area contributed by atoms with Crippen LogP contribution in [0.5, 0.6) is 5.88 Å². The number of pyridine rings is 1. The van der Waals surface area contributed by atoms with Crippen LogP contribution in [-0.2, 0) is 4.74 Å². The lowest BCUT2D eigenvalue weighted by Gasteiger charge is -2.34. The van der Waals surface area contributed by atoms with Crippen molar-refractivity contribution >= 4 is 21.6 Å². The zero-order valence-electron chi connectivity index (χ0n) is 14.6. The van der Waals surface area contributed by atoms with Crippen molar-refractivity contribution in [3.8, 4) is 5.88 Å². The lowest BCUT2D eigenvalue weighted by molar-refractivity contribution is 0.0771. The van der Waals surface area contributed by atoms with Crippen molar-refractivity contribution in [1.82, 2.24) is 9.97 Å². The number of rotatable bonds is 4. The summed E-state index contributed by atoms with van der Waals surface area (Å²) in [6.45, 7) is 1.67. The summed E-state index contributed by atoms with van der Waals surface area (Å²) < 4.78 is 13.1. The number of fused-ring (bicyclic) bond motifs is 1. The highest BCUT2D eigenvalue weighted by Gasteiger charge is 2.35. The van der Waals surface area contributed by atoms with E-state index in [1.165, 1.54) is 15.3 Å². The molecule has 1 aromatic carbocycles. The van der Waals surface area contributed by atoms with Gasteiger partial charge in [0.15, 0.2) is 0 Å². The molecule has 2 aliphatic rings. The largest absolute Gasteiger partial charge is 0.474 e. The van der Waals surface area contributed by atoms with Crippen LogP contribution < -0.4 is 4.74 Å². The maximum absolute atomic E-state index is 6.29. The minimum Gasteiger partial charge on any atom is -0.474 e. The zero-order valence-corrected chi connectivity index (χ0v) is 15.5. The van der Waals surface area contributed by atoms with Crippen LogP contribution in [0.15, 0.2) is 42.6 Å². The third-order valence-corrected chi connectivity index (χ3v) is 6.69. The van der Waals surface area contributed by atoms with Gasteiger partial charge in [-0.25, -0.2) is 9.97 Å². The molecule has 134 valence electrons. The molecule has 26 heavy (non-hydrogen) atoms. The summed E-state index contributed by atoms with van der Waals surface area (Å²) in [5.41, 5.74) is 2.36. The highest BCUT2D eigenvalue weighted by atomic mass is 32.1. The Bertz CT molecular complexity index is 865. The van der Waals surface area contributed by atoms with E-state index in [2.05, 4.69) is 35.3 Å². The van der Waals surface area contributed by atoms with Gasteiger partial charge in [-0.2, -0.15) is 0 Å². The normalized spacial score (nSPS) is 23.7. The van der Waals surface area contributed by atoms with Gasteiger partial charge in [0.05, 0.1) is 15.2 Å². The second-order valence-electron chi connectivity index (χ2n) is 7.21. The molecule has 5 heteroatoms. The van der Waals surface area contributed by atoms with Crippen molar-refractivity contribution in [2.75, 3.05) is 13.2 Å². The van der Waals surface area contributed by atoms with Crippen LogP contribution in [0.3, 0.4) is 0 Å². The summed E-state index contributed by atoms with van der Waals surface area (Å²) in [5.74, 6) is 1.85. The highest BCUT2D eigenvalue weighted by molar-refractivity contribution is 7.18. The van der Waals surface area contributed by atoms with Crippen LogP contribution >= 0.6 is 11.3 Å². The number of hydrogen-bond acceptors (Lipinski definition) is 5. The van der Waals surface area contributed by atoms with E-state index in [0.29, 0.717) is 11.8 Å². The Morgan fingerprint density at radius 1 is 1.00 bits per heavy atom. The number of para-hydroxylation sites is 1. The quantitative estimate of drug-likeness (QED) is 0.658. The molecule has 4 nitrogen and oxygen atoms in total. The molecule has 3 aromatic rings. The molecular weight excluding hydrogens is 344 g/mol. The van der Waals surface area contributed by atoms with Gasteiger partial charge in [-0.05, 0) is 49.8 Å². The number of nitrogens with zero attached hydrogens (tertiary/aromatic N) is 2. The van der Waals surface area contributed by atoms with E-state index in [-0.39, 0.29) is 6.10 Å². The van der Waals surface area contributed by atoms with Gasteiger partial charge in [0.1, 0.15) is 6.10 Å². The third kappa shape index (κ3) is 3.10. The van der Waals surface area contributed by atoms with Crippen molar-refractivity contribution in [2.45, 2.75) is 43.6 Å². The van der Waals surface area contributed by atoms with Gasteiger partial charge in [-0.3, -0.25) is 0 Å². The predicted molar refractivity (Wildman–Crippen MR) is 103 cm³/mol. The van der Waals surface area contributed by atoms with E-state index in [9.17, 15) is 0 Å². The molecule has 0 amide bonds. The molecule has 0 atom stereocenters. The first-order valence-corrected chi connectivity index (χ1v) is 10.2. The smallest absolute Gasteiger partial charge is 0.217 e. The van der Waals surface area contributed by atoms with Crippen molar-refractivity contribution in [3.63, 3.8) is 0 Å². The number of thiazole rings is 1. The van der Waals surface area contributed by atoms with Crippen LogP contribution in [0.1, 0.15) is 48.1 Å². The zero-order chi connectivity index (χ0) is 17.3. The van der Waals surface area contributed by atoms with Crippen molar-refractivity contribution in [1.29, 1.82) is 0 Å². The number of hydrogen-bond donors (Lipinski definition) is 0. The van der Waals surface area contributed by atoms with Crippen LogP contribution in [0, 0.1) is 0 Å². The van der Waals surface area contributed by atoms with Gasteiger partial charge in [0.2, 0.25) is 5.88 Å². The molecule has 2 aromatic heterocycles.